The highest BCUT2D eigenvalue weighted by molar-refractivity contribution is 8.02. The van der Waals surface area contributed by atoms with E-state index in [1.54, 1.807) is 0 Å². The molecule has 41 heavy (non-hydrogen) atoms. The smallest absolute Gasteiger partial charge is 0.371 e. The SMILES string of the molecule is CCN(CC1CCCC1)c1cc2c(cc1C[N+]1(Cc3cc(C(F)(F)F)cc(C(F)(F)F)c3)C(C)=CSC1N)CCC2. The molecule has 2 atom stereocenters. The van der Waals surface area contributed by atoms with Gasteiger partial charge in [0.15, 0.2) is 5.50 Å². The first-order chi connectivity index (χ1) is 19.3. The number of nitrogens with two attached hydrogens (primary N) is 1. The van der Waals surface area contributed by atoms with Crippen molar-refractivity contribution in [3.63, 3.8) is 0 Å². The maximum absolute atomic E-state index is 13.7. The number of anilines is 1. The molecular weight excluding hydrogens is 560 g/mol. The van der Waals surface area contributed by atoms with E-state index in [1.807, 2.05) is 12.3 Å². The highest BCUT2D eigenvalue weighted by Gasteiger charge is 2.44. The molecule has 0 bridgehead atoms. The number of hydrogen-bond acceptors (Lipinski definition) is 3. The number of fused-ring (bicyclic) bond motifs is 1. The van der Waals surface area contributed by atoms with Crippen molar-refractivity contribution in [3.8, 4) is 0 Å². The van der Waals surface area contributed by atoms with Gasteiger partial charge in [-0.15, -0.1) is 0 Å². The van der Waals surface area contributed by atoms with Crippen molar-refractivity contribution in [2.24, 2.45) is 11.7 Å². The predicted octanol–water partition coefficient (Wildman–Crippen LogP) is 8.60. The normalized spacial score (nSPS) is 23.2. The van der Waals surface area contributed by atoms with Gasteiger partial charge in [-0.1, -0.05) is 12.8 Å². The van der Waals surface area contributed by atoms with Gasteiger partial charge in [0.1, 0.15) is 18.8 Å². The Labute approximate surface area is 242 Å². The van der Waals surface area contributed by atoms with E-state index in [0.717, 1.165) is 61.4 Å². The van der Waals surface area contributed by atoms with Crippen molar-refractivity contribution in [2.45, 2.75) is 89.7 Å². The van der Waals surface area contributed by atoms with Crippen LogP contribution in [0.5, 0.6) is 0 Å². The van der Waals surface area contributed by atoms with Crippen molar-refractivity contribution in [2.75, 3.05) is 18.0 Å². The summed E-state index contributed by atoms with van der Waals surface area (Å²) in [5.74, 6) is 0.622. The molecular formula is C31H38F6N3S+. The third-order valence-electron chi connectivity index (χ3n) is 9.10. The van der Waals surface area contributed by atoms with Crippen LogP contribution in [0.4, 0.5) is 32.0 Å². The summed E-state index contributed by atoms with van der Waals surface area (Å²) in [7, 11) is 0. The van der Waals surface area contributed by atoms with Gasteiger partial charge >= 0.3 is 12.4 Å². The fourth-order valence-electron chi connectivity index (χ4n) is 6.80. The second kappa shape index (κ2) is 11.5. The van der Waals surface area contributed by atoms with E-state index in [0.29, 0.717) is 12.5 Å². The van der Waals surface area contributed by atoms with E-state index in [1.165, 1.54) is 48.6 Å². The molecule has 2 N–H and O–H groups in total. The highest BCUT2D eigenvalue weighted by atomic mass is 32.2. The van der Waals surface area contributed by atoms with Crippen molar-refractivity contribution in [1.29, 1.82) is 0 Å². The van der Waals surface area contributed by atoms with Gasteiger partial charge in [0.25, 0.3) is 0 Å². The second-order valence-electron chi connectivity index (χ2n) is 11.8. The largest absolute Gasteiger partial charge is 0.416 e. The molecule has 0 amide bonds. The van der Waals surface area contributed by atoms with Crippen LogP contribution in [0.3, 0.4) is 0 Å². The van der Waals surface area contributed by atoms with Gasteiger partial charge < -0.3 is 4.90 Å². The third kappa shape index (κ3) is 6.30. The summed E-state index contributed by atoms with van der Waals surface area (Å²) in [4.78, 5) is 2.42. The summed E-state index contributed by atoms with van der Waals surface area (Å²) < 4.78 is 82.3. The van der Waals surface area contributed by atoms with Crippen LogP contribution in [0.1, 0.15) is 79.3 Å². The Morgan fingerprint density at radius 2 is 1.49 bits per heavy atom. The molecule has 1 aliphatic heterocycles. The van der Waals surface area contributed by atoms with Gasteiger partial charge in [0.2, 0.25) is 0 Å². The molecule has 1 heterocycles. The number of rotatable bonds is 8. The molecule has 5 rings (SSSR count). The maximum atomic E-state index is 13.7. The molecule has 0 radical (unpaired) electrons. The fraction of sp³-hybridized carbons (Fsp3) is 0.548. The van der Waals surface area contributed by atoms with Crippen molar-refractivity contribution < 1.29 is 30.8 Å². The predicted molar refractivity (Wildman–Crippen MR) is 152 cm³/mol. The zero-order valence-electron chi connectivity index (χ0n) is 23.5. The summed E-state index contributed by atoms with van der Waals surface area (Å²) in [6.07, 6.45) is -1.85. The Morgan fingerprint density at radius 3 is 2.02 bits per heavy atom. The second-order valence-corrected chi connectivity index (χ2v) is 12.8. The van der Waals surface area contributed by atoms with Crippen LogP contribution in [-0.2, 0) is 38.3 Å². The van der Waals surface area contributed by atoms with E-state index in [4.69, 9.17) is 5.73 Å². The van der Waals surface area contributed by atoms with E-state index in [-0.39, 0.29) is 22.7 Å². The molecule has 2 aromatic carbocycles. The number of alkyl halides is 6. The molecule has 0 spiro atoms. The van der Waals surface area contributed by atoms with Crippen molar-refractivity contribution in [3.05, 3.63) is 74.8 Å². The lowest BCUT2D eigenvalue weighted by molar-refractivity contribution is -0.925. The summed E-state index contributed by atoms with van der Waals surface area (Å²) in [6.45, 7) is 6.09. The van der Waals surface area contributed by atoms with Gasteiger partial charge in [-0.3, -0.25) is 10.2 Å². The zero-order valence-corrected chi connectivity index (χ0v) is 24.4. The number of benzene rings is 2. The summed E-state index contributed by atoms with van der Waals surface area (Å²) in [6, 6.07) is 6.40. The van der Waals surface area contributed by atoms with Crippen LogP contribution >= 0.6 is 11.8 Å². The van der Waals surface area contributed by atoms with Crippen LogP contribution in [0.15, 0.2) is 41.4 Å². The van der Waals surface area contributed by atoms with Gasteiger partial charge in [0, 0.05) is 42.2 Å². The molecule has 3 aliphatic rings. The monoisotopic (exact) mass is 598 g/mol. The topological polar surface area (TPSA) is 29.3 Å². The number of thioether (sulfide) groups is 1. The molecule has 224 valence electrons. The van der Waals surface area contributed by atoms with Crippen molar-refractivity contribution >= 4 is 17.4 Å². The average Bonchev–Trinajstić information content (AvgIpc) is 3.64. The van der Waals surface area contributed by atoms with Crippen LogP contribution in [0, 0.1) is 5.92 Å². The quantitative estimate of drug-likeness (QED) is 0.244. The lowest BCUT2D eigenvalue weighted by Gasteiger charge is -2.40. The Kier molecular flexibility index (Phi) is 8.49. The minimum atomic E-state index is -4.90. The first-order valence-corrected chi connectivity index (χ1v) is 15.4. The Morgan fingerprint density at radius 1 is 0.878 bits per heavy atom. The lowest BCUT2D eigenvalue weighted by Crippen LogP contribution is -2.53. The Hall–Kier alpha value is -2.17. The first kappa shape index (κ1) is 30.3. The number of quaternary nitrogens is 1. The number of nitrogens with zero attached hydrogens (tertiary/aromatic N) is 2. The van der Waals surface area contributed by atoms with Crippen LogP contribution in [0.25, 0.3) is 0 Å². The first-order valence-electron chi connectivity index (χ1n) is 14.4. The number of aryl methyl sites for hydroxylation is 2. The molecule has 1 saturated carbocycles. The molecule has 2 aromatic rings. The summed E-state index contributed by atoms with van der Waals surface area (Å²) >= 11 is 1.37. The Bertz CT molecular complexity index is 1270. The van der Waals surface area contributed by atoms with Gasteiger partial charge in [-0.25, -0.2) is 0 Å². The average molecular weight is 599 g/mol. The van der Waals surface area contributed by atoms with Gasteiger partial charge in [-0.05, 0) is 98.2 Å². The maximum Gasteiger partial charge on any atom is 0.416 e. The molecule has 2 aliphatic carbocycles. The number of hydrogen-bond donors (Lipinski definition) is 1. The molecule has 10 heteroatoms. The summed E-state index contributed by atoms with van der Waals surface area (Å²) in [5, 5.41) is 1.89. The van der Waals surface area contributed by atoms with E-state index in [9.17, 15) is 26.3 Å². The Balaban J connectivity index is 1.58. The molecule has 3 nitrogen and oxygen atoms in total. The third-order valence-corrected chi connectivity index (χ3v) is 10.3. The fourth-order valence-corrected chi connectivity index (χ4v) is 7.90. The van der Waals surface area contributed by atoms with E-state index in [2.05, 4.69) is 24.0 Å². The molecule has 0 saturated heterocycles. The van der Waals surface area contributed by atoms with Crippen LogP contribution in [-0.4, -0.2) is 23.1 Å². The van der Waals surface area contributed by atoms with Gasteiger partial charge in [-0.2, -0.15) is 26.3 Å². The van der Waals surface area contributed by atoms with Crippen molar-refractivity contribution in [1.82, 2.24) is 0 Å². The van der Waals surface area contributed by atoms with Crippen LogP contribution < -0.4 is 10.6 Å². The molecule has 0 aromatic heterocycles. The number of allylic oxidation sites excluding steroid dienone is 1. The highest BCUT2D eigenvalue weighted by Crippen LogP contribution is 2.44. The lowest BCUT2D eigenvalue weighted by atomic mass is 9.99. The zero-order chi connectivity index (χ0) is 29.6. The van der Waals surface area contributed by atoms with Gasteiger partial charge in [0.05, 0.1) is 11.1 Å². The van der Waals surface area contributed by atoms with E-state index < -0.39 is 29.0 Å². The molecule has 2 unspecified atom stereocenters. The van der Waals surface area contributed by atoms with Crippen LogP contribution in [0.2, 0.25) is 0 Å². The van der Waals surface area contributed by atoms with E-state index >= 15 is 0 Å². The minimum Gasteiger partial charge on any atom is -0.371 e. The number of halogens is 6. The standard InChI is InChI=1S/C31H38F6N3S/c1-3-39(16-21-7-4-5-8-21)28-14-24-10-6-9-23(24)13-25(28)18-40(20(2)19-41-29(40)38)17-22-11-26(30(32,33)34)15-27(12-22)31(35,36)37/h11-15,19,21,29H,3-10,16-18,38H2,1-2H3/q+1. The minimum absolute atomic E-state index is 0.0288. The molecule has 1 fully saturated rings. The summed E-state index contributed by atoms with van der Waals surface area (Å²) in [5.41, 5.74) is 9.11.